The van der Waals surface area contributed by atoms with Crippen LogP contribution in [0.4, 0.5) is 30.7 Å². The Morgan fingerprint density at radius 2 is 1.79 bits per heavy atom. The molecule has 0 radical (unpaired) electrons. The molecule has 1 amide bonds. The minimum Gasteiger partial charge on any atom is -0.490 e. The maximum absolute atomic E-state index is 15.3. The van der Waals surface area contributed by atoms with Crippen molar-refractivity contribution in [1.82, 2.24) is 15.3 Å². The van der Waals surface area contributed by atoms with Crippen LogP contribution in [0.1, 0.15) is 29.7 Å². The van der Waals surface area contributed by atoms with Gasteiger partial charge >= 0.3 is 12.4 Å². The summed E-state index contributed by atoms with van der Waals surface area (Å²) >= 11 is 5.89. The molecule has 3 aromatic rings. The summed E-state index contributed by atoms with van der Waals surface area (Å²) in [5.74, 6) is -3.33. The van der Waals surface area contributed by atoms with E-state index in [9.17, 15) is 35.9 Å². The zero-order valence-corrected chi connectivity index (χ0v) is 19.8. The zero-order chi connectivity index (χ0) is 27.8. The van der Waals surface area contributed by atoms with Gasteiger partial charge in [0.1, 0.15) is 23.5 Å². The molecule has 0 spiro atoms. The summed E-state index contributed by atoms with van der Waals surface area (Å²) in [4.78, 5) is 28.9. The fourth-order valence-electron chi connectivity index (χ4n) is 3.88. The lowest BCUT2D eigenvalue weighted by atomic mass is 9.81. The molecular weight excluding hydrogens is 547 g/mol. The smallest absolute Gasteiger partial charge is 0.433 e. The standard InChI is InChI=1S/C24H17ClF7N3O3/c25-13-2-1-3-14(8-13)38-15-6-12(7-15)22(37)33-10-11-4-5-16(23(27,28)29)19(20(11)26)21-34-17(24(30,31)32)9-18(36)35-21/h1-5,8-9,12,15H,6-7,10H2,(H,33,37)(H,34,35,36)/t12-,15-. The van der Waals surface area contributed by atoms with Crippen molar-refractivity contribution in [2.24, 2.45) is 5.92 Å². The molecule has 0 bridgehead atoms. The van der Waals surface area contributed by atoms with Gasteiger partial charge in [-0.25, -0.2) is 9.37 Å². The van der Waals surface area contributed by atoms with Crippen molar-refractivity contribution in [3.05, 3.63) is 80.5 Å². The highest BCUT2D eigenvalue weighted by Crippen LogP contribution is 2.39. The van der Waals surface area contributed by atoms with E-state index in [1.54, 1.807) is 29.2 Å². The molecular formula is C24H17ClF7N3O3. The van der Waals surface area contributed by atoms with Crippen LogP contribution < -0.4 is 15.6 Å². The fraction of sp³-hybridized carbons (Fsp3) is 0.292. The monoisotopic (exact) mass is 563 g/mol. The number of benzene rings is 2. The van der Waals surface area contributed by atoms with E-state index in [0.717, 1.165) is 6.07 Å². The second-order valence-corrected chi connectivity index (χ2v) is 8.96. The molecule has 14 heteroatoms. The van der Waals surface area contributed by atoms with Crippen molar-refractivity contribution < 1.29 is 40.3 Å². The number of alkyl halides is 6. The van der Waals surface area contributed by atoms with E-state index in [4.69, 9.17) is 16.3 Å². The van der Waals surface area contributed by atoms with Crippen LogP contribution in [0.15, 0.2) is 47.3 Å². The van der Waals surface area contributed by atoms with Crippen LogP contribution in [-0.2, 0) is 23.7 Å². The van der Waals surface area contributed by atoms with Crippen molar-refractivity contribution >= 4 is 17.5 Å². The first-order valence-electron chi connectivity index (χ1n) is 11.0. The molecule has 4 rings (SSSR count). The Balaban J connectivity index is 1.51. The first-order valence-corrected chi connectivity index (χ1v) is 11.4. The van der Waals surface area contributed by atoms with E-state index in [1.807, 2.05) is 0 Å². The normalized spacial score (nSPS) is 17.6. The maximum atomic E-state index is 15.3. The summed E-state index contributed by atoms with van der Waals surface area (Å²) in [6.45, 7) is -0.560. The Labute approximate surface area is 214 Å². The number of carbonyl (C=O) groups excluding carboxylic acids is 1. The van der Waals surface area contributed by atoms with Crippen LogP contribution in [0.3, 0.4) is 0 Å². The largest absolute Gasteiger partial charge is 0.490 e. The molecule has 1 aromatic heterocycles. The number of amides is 1. The lowest BCUT2D eigenvalue weighted by molar-refractivity contribution is -0.141. The second-order valence-electron chi connectivity index (χ2n) is 8.52. The van der Waals surface area contributed by atoms with Gasteiger partial charge in [-0.05, 0) is 37.1 Å². The summed E-state index contributed by atoms with van der Waals surface area (Å²) in [5.41, 5.74) is -6.68. The van der Waals surface area contributed by atoms with Crippen LogP contribution in [0, 0.1) is 11.7 Å². The van der Waals surface area contributed by atoms with Crippen LogP contribution in [0.2, 0.25) is 5.02 Å². The molecule has 202 valence electrons. The number of rotatable bonds is 6. The summed E-state index contributed by atoms with van der Waals surface area (Å²) in [5, 5.41) is 2.88. The second kappa shape index (κ2) is 10.3. The number of hydrogen-bond donors (Lipinski definition) is 2. The lowest BCUT2D eigenvalue weighted by Gasteiger charge is -2.34. The number of aromatic amines is 1. The SMILES string of the molecule is O=c1cc(C(F)(F)F)nc(-c2c(C(F)(F)F)ccc(CNC(=O)[C@H]3C[C@H](Oc4cccc(Cl)c4)C3)c2F)[nH]1. The van der Waals surface area contributed by atoms with Gasteiger partial charge in [0.15, 0.2) is 5.69 Å². The molecule has 1 saturated carbocycles. The zero-order valence-electron chi connectivity index (χ0n) is 19.0. The van der Waals surface area contributed by atoms with Gasteiger partial charge in [0.25, 0.3) is 5.56 Å². The highest BCUT2D eigenvalue weighted by molar-refractivity contribution is 6.30. The minimum atomic E-state index is -5.19. The molecule has 1 aliphatic rings. The van der Waals surface area contributed by atoms with Crippen molar-refractivity contribution in [3.8, 4) is 17.1 Å². The van der Waals surface area contributed by atoms with E-state index in [0.29, 0.717) is 29.7 Å². The number of H-pyrrole nitrogens is 1. The fourth-order valence-corrected chi connectivity index (χ4v) is 4.06. The predicted molar refractivity (Wildman–Crippen MR) is 121 cm³/mol. The molecule has 0 atom stereocenters. The Hall–Kier alpha value is -3.61. The van der Waals surface area contributed by atoms with Gasteiger partial charge in [0, 0.05) is 29.1 Å². The van der Waals surface area contributed by atoms with E-state index >= 15 is 4.39 Å². The van der Waals surface area contributed by atoms with Crippen LogP contribution in [0.25, 0.3) is 11.4 Å². The average Bonchev–Trinajstić information content (AvgIpc) is 2.78. The molecule has 1 aliphatic carbocycles. The summed E-state index contributed by atoms with van der Waals surface area (Å²) < 4.78 is 101. The van der Waals surface area contributed by atoms with Crippen molar-refractivity contribution in [2.45, 2.75) is 37.8 Å². The lowest BCUT2D eigenvalue weighted by Crippen LogP contribution is -2.43. The number of ether oxygens (including phenoxy) is 1. The van der Waals surface area contributed by atoms with E-state index in [-0.39, 0.29) is 12.2 Å². The van der Waals surface area contributed by atoms with Gasteiger partial charge in [-0.15, -0.1) is 0 Å². The molecule has 38 heavy (non-hydrogen) atoms. The third-order valence-corrected chi connectivity index (χ3v) is 6.05. The molecule has 0 unspecified atom stereocenters. The number of hydrogen-bond acceptors (Lipinski definition) is 4. The molecule has 1 heterocycles. The number of carbonyl (C=O) groups is 1. The van der Waals surface area contributed by atoms with Gasteiger partial charge in [0.05, 0.1) is 11.1 Å². The summed E-state index contributed by atoms with van der Waals surface area (Å²) in [6, 6.07) is 7.89. The Morgan fingerprint density at radius 3 is 2.42 bits per heavy atom. The Morgan fingerprint density at radius 1 is 1.08 bits per heavy atom. The number of nitrogens with zero attached hydrogens (tertiary/aromatic N) is 1. The van der Waals surface area contributed by atoms with Crippen LogP contribution in [0.5, 0.6) is 5.75 Å². The third kappa shape index (κ3) is 6.09. The first-order chi connectivity index (χ1) is 17.7. The number of halogens is 8. The average molecular weight is 564 g/mol. The molecule has 0 aliphatic heterocycles. The van der Waals surface area contributed by atoms with Crippen molar-refractivity contribution in [3.63, 3.8) is 0 Å². The molecule has 6 nitrogen and oxygen atoms in total. The van der Waals surface area contributed by atoms with Gasteiger partial charge in [0.2, 0.25) is 5.91 Å². The summed E-state index contributed by atoms with van der Waals surface area (Å²) in [7, 11) is 0. The number of aromatic nitrogens is 2. The Kier molecular flexibility index (Phi) is 7.42. The van der Waals surface area contributed by atoms with Gasteiger partial charge < -0.3 is 15.0 Å². The van der Waals surface area contributed by atoms with Gasteiger partial charge in [-0.1, -0.05) is 23.7 Å². The molecule has 2 aromatic carbocycles. The van der Waals surface area contributed by atoms with Gasteiger partial charge in [-0.3, -0.25) is 9.59 Å². The third-order valence-electron chi connectivity index (χ3n) is 5.81. The van der Waals surface area contributed by atoms with E-state index in [1.165, 1.54) is 0 Å². The first kappa shape index (κ1) is 27.4. The maximum Gasteiger partial charge on any atom is 0.433 e. The van der Waals surface area contributed by atoms with E-state index < -0.39 is 70.3 Å². The number of nitrogens with one attached hydrogen (secondary N) is 2. The molecule has 1 fully saturated rings. The Bertz CT molecular complexity index is 1420. The van der Waals surface area contributed by atoms with Crippen molar-refractivity contribution in [2.75, 3.05) is 0 Å². The summed E-state index contributed by atoms with van der Waals surface area (Å²) in [6.07, 6.45) is -9.97. The van der Waals surface area contributed by atoms with Gasteiger partial charge in [-0.2, -0.15) is 26.3 Å². The predicted octanol–water partition coefficient (Wildman–Crippen LogP) is 5.74. The highest BCUT2D eigenvalue weighted by atomic mass is 35.5. The molecule has 2 N–H and O–H groups in total. The quantitative estimate of drug-likeness (QED) is 0.375. The highest BCUT2D eigenvalue weighted by Gasteiger charge is 2.39. The van der Waals surface area contributed by atoms with Crippen molar-refractivity contribution in [1.29, 1.82) is 0 Å². The molecule has 0 saturated heterocycles. The minimum absolute atomic E-state index is 0.0424. The van der Waals surface area contributed by atoms with Crippen LogP contribution >= 0.6 is 11.6 Å². The van der Waals surface area contributed by atoms with E-state index in [2.05, 4.69) is 10.3 Å². The topological polar surface area (TPSA) is 84.1 Å². The van der Waals surface area contributed by atoms with Crippen LogP contribution in [-0.4, -0.2) is 22.0 Å².